The van der Waals surface area contributed by atoms with Crippen molar-refractivity contribution in [3.8, 4) is 0 Å². The van der Waals surface area contributed by atoms with Crippen LogP contribution in [-0.4, -0.2) is 16.1 Å². The number of hydrogen-bond acceptors (Lipinski definition) is 5. The molecule has 7 nitrogen and oxygen atoms in total. The fourth-order valence-corrected chi connectivity index (χ4v) is 2.91. The molecule has 2 aromatic carbocycles. The predicted molar refractivity (Wildman–Crippen MR) is 107 cm³/mol. The molecule has 3 aromatic rings. The number of hydrogen-bond donors (Lipinski definition) is 5. The van der Waals surface area contributed by atoms with Gasteiger partial charge in [-0.1, -0.05) is 18.7 Å². The van der Waals surface area contributed by atoms with E-state index in [0.29, 0.717) is 16.9 Å². The summed E-state index contributed by atoms with van der Waals surface area (Å²) in [4.78, 5) is 13.0. The highest BCUT2D eigenvalue weighted by Crippen LogP contribution is 2.24. The summed E-state index contributed by atoms with van der Waals surface area (Å²) in [6, 6.07) is 10.2. The molecule has 1 heterocycles. The number of nitrogens with one attached hydrogen (secondary N) is 3. The number of aromatic nitrogens is 2. The Bertz CT molecular complexity index is 1050. The average molecular weight is 380 g/mol. The molecule has 7 N–H and O–H groups in total. The van der Waals surface area contributed by atoms with Gasteiger partial charge >= 0.3 is 0 Å². The standard InChI is InChI=1S/C20H21FN6O/c1-11(25-12(2)22)18(19(23)13-3-5-15(21)6-4-13)20(28)26-16-7-8-17-14(9-16)10-24-27-17/h3-10,19,25H,2,22-23H2,1H3,(H,24,27)(H,26,28)/b18-11+. The van der Waals surface area contributed by atoms with E-state index in [1.54, 1.807) is 25.3 Å². The largest absolute Gasteiger partial charge is 0.386 e. The van der Waals surface area contributed by atoms with Crippen LogP contribution in [0, 0.1) is 5.82 Å². The van der Waals surface area contributed by atoms with Gasteiger partial charge in [-0.05, 0) is 42.8 Å². The van der Waals surface area contributed by atoms with Gasteiger partial charge in [0.25, 0.3) is 5.91 Å². The van der Waals surface area contributed by atoms with Crippen molar-refractivity contribution in [3.05, 3.63) is 83.7 Å². The maximum atomic E-state index is 13.2. The fourth-order valence-electron chi connectivity index (χ4n) is 2.91. The Morgan fingerprint density at radius 2 is 1.96 bits per heavy atom. The summed E-state index contributed by atoms with van der Waals surface area (Å²) in [5.74, 6) is -0.621. The Labute approximate surface area is 161 Å². The quantitative estimate of drug-likeness (QED) is 0.421. The summed E-state index contributed by atoms with van der Waals surface area (Å²) >= 11 is 0. The normalized spacial score (nSPS) is 13.0. The summed E-state index contributed by atoms with van der Waals surface area (Å²) in [7, 11) is 0. The van der Waals surface area contributed by atoms with E-state index in [0.717, 1.165) is 10.9 Å². The highest BCUT2D eigenvalue weighted by molar-refractivity contribution is 6.06. The monoisotopic (exact) mass is 380 g/mol. The molecule has 0 aliphatic heterocycles. The maximum Gasteiger partial charge on any atom is 0.255 e. The molecule has 0 aliphatic carbocycles. The number of nitrogens with zero attached hydrogens (tertiary/aromatic N) is 1. The third-order valence-corrected chi connectivity index (χ3v) is 4.23. The number of carbonyl (C=O) groups is 1. The zero-order valence-electron chi connectivity index (χ0n) is 15.3. The molecule has 0 bridgehead atoms. The second-order valence-electron chi connectivity index (χ2n) is 6.34. The number of amides is 1. The first-order valence-electron chi connectivity index (χ1n) is 8.53. The lowest BCUT2D eigenvalue weighted by Gasteiger charge is -2.20. The molecule has 1 atom stereocenters. The van der Waals surface area contributed by atoms with Crippen LogP contribution in [0.5, 0.6) is 0 Å². The molecule has 0 saturated heterocycles. The fraction of sp³-hybridized carbons (Fsp3) is 0.100. The van der Waals surface area contributed by atoms with Gasteiger partial charge in [-0.3, -0.25) is 9.89 Å². The molecular weight excluding hydrogens is 359 g/mol. The van der Waals surface area contributed by atoms with Gasteiger partial charge in [-0.25, -0.2) is 4.39 Å². The predicted octanol–water partition coefficient (Wildman–Crippen LogP) is 2.63. The van der Waals surface area contributed by atoms with Gasteiger partial charge in [0.2, 0.25) is 0 Å². The molecule has 0 radical (unpaired) electrons. The van der Waals surface area contributed by atoms with Crippen molar-refractivity contribution in [1.29, 1.82) is 0 Å². The van der Waals surface area contributed by atoms with Gasteiger partial charge < -0.3 is 22.1 Å². The van der Waals surface area contributed by atoms with Crippen molar-refractivity contribution in [2.24, 2.45) is 11.5 Å². The SMILES string of the molecule is C=C(N)N/C(C)=C(/C(=O)Nc1ccc2[nH]ncc2c1)C(N)c1ccc(F)cc1. The van der Waals surface area contributed by atoms with Crippen LogP contribution in [0.4, 0.5) is 10.1 Å². The summed E-state index contributed by atoms with van der Waals surface area (Å²) in [5, 5.41) is 13.3. The summed E-state index contributed by atoms with van der Waals surface area (Å²) in [5.41, 5.74) is 14.7. The van der Waals surface area contributed by atoms with Gasteiger partial charge in [-0.2, -0.15) is 5.10 Å². The van der Waals surface area contributed by atoms with Gasteiger partial charge in [0.1, 0.15) is 5.82 Å². The lowest BCUT2D eigenvalue weighted by molar-refractivity contribution is -0.113. The van der Waals surface area contributed by atoms with Crippen LogP contribution in [0.2, 0.25) is 0 Å². The highest BCUT2D eigenvalue weighted by Gasteiger charge is 2.23. The molecule has 1 unspecified atom stereocenters. The van der Waals surface area contributed by atoms with Crippen LogP contribution in [0.25, 0.3) is 10.9 Å². The Morgan fingerprint density at radius 1 is 1.25 bits per heavy atom. The van der Waals surface area contributed by atoms with Crippen LogP contribution in [0.15, 0.2) is 72.3 Å². The van der Waals surface area contributed by atoms with Crippen LogP contribution < -0.4 is 22.1 Å². The number of fused-ring (bicyclic) bond motifs is 1. The van der Waals surface area contributed by atoms with Crippen molar-refractivity contribution in [2.45, 2.75) is 13.0 Å². The summed E-state index contributed by atoms with van der Waals surface area (Å²) in [6.45, 7) is 5.27. The highest BCUT2D eigenvalue weighted by atomic mass is 19.1. The second kappa shape index (κ2) is 7.93. The number of nitrogens with two attached hydrogens (primary N) is 2. The summed E-state index contributed by atoms with van der Waals surface area (Å²) < 4.78 is 13.2. The maximum absolute atomic E-state index is 13.2. The third-order valence-electron chi connectivity index (χ3n) is 4.23. The molecule has 0 fully saturated rings. The lowest BCUT2D eigenvalue weighted by atomic mass is 9.97. The van der Waals surface area contributed by atoms with Gasteiger partial charge in [0, 0.05) is 16.8 Å². The molecule has 0 saturated carbocycles. The van der Waals surface area contributed by atoms with E-state index >= 15 is 0 Å². The molecule has 1 amide bonds. The molecule has 8 heteroatoms. The Balaban J connectivity index is 1.94. The molecule has 1 aromatic heterocycles. The molecule has 0 spiro atoms. The number of allylic oxidation sites excluding steroid dienone is 1. The molecule has 0 aliphatic rings. The van der Waals surface area contributed by atoms with Crippen LogP contribution in [0.1, 0.15) is 18.5 Å². The van der Waals surface area contributed by atoms with E-state index in [-0.39, 0.29) is 17.2 Å². The average Bonchev–Trinajstić information content (AvgIpc) is 3.09. The number of rotatable bonds is 6. The van der Waals surface area contributed by atoms with Crippen LogP contribution in [-0.2, 0) is 4.79 Å². The minimum atomic E-state index is -0.801. The van der Waals surface area contributed by atoms with Crippen LogP contribution >= 0.6 is 0 Å². The lowest BCUT2D eigenvalue weighted by Crippen LogP contribution is -2.29. The first-order valence-corrected chi connectivity index (χ1v) is 8.53. The van der Waals surface area contributed by atoms with E-state index in [1.807, 2.05) is 6.07 Å². The number of anilines is 1. The number of carbonyl (C=O) groups excluding carboxylic acids is 1. The smallest absolute Gasteiger partial charge is 0.255 e. The Morgan fingerprint density at radius 3 is 2.64 bits per heavy atom. The van der Waals surface area contributed by atoms with Crippen molar-refractivity contribution >= 4 is 22.5 Å². The first kappa shape index (κ1) is 19.1. The van der Waals surface area contributed by atoms with Crippen molar-refractivity contribution in [1.82, 2.24) is 15.5 Å². The van der Waals surface area contributed by atoms with Crippen molar-refractivity contribution < 1.29 is 9.18 Å². The van der Waals surface area contributed by atoms with E-state index in [2.05, 4.69) is 27.4 Å². The minimum absolute atomic E-state index is 0.175. The van der Waals surface area contributed by atoms with E-state index < -0.39 is 11.9 Å². The number of aromatic amines is 1. The first-order chi connectivity index (χ1) is 13.3. The van der Waals surface area contributed by atoms with E-state index in [1.165, 1.54) is 24.3 Å². The van der Waals surface area contributed by atoms with Crippen molar-refractivity contribution in [3.63, 3.8) is 0 Å². The van der Waals surface area contributed by atoms with Crippen LogP contribution in [0.3, 0.4) is 0 Å². The summed E-state index contributed by atoms with van der Waals surface area (Å²) in [6.07, 6.45) is 1.66. The zero-order valence-corrected chi connectivity index (χ0v) is 15.3. The van der Waals surface area contributed by atoms with E-state index in [9.17, 15) is 9.18 Å². The minimum Gasteiger partial charge on any atom is -0.386 e. The zero-order chi connectivity index (χ0) is 20.3. The Kier molecular flexibility index (Phi) is 5.42. The topological polar surface area (TPSA) is 122 Å². The van der Waals surface area contributed by atoms with Gasteiger partial charge in [-0.15, -0.1) is 0 Å². The molecule has 3 rings (SSSR count). The molecule has 28 heavy (non-hydrogen) atoms. The second-order valence-corrected chi connectivity index (χ2v) is 6.34. The number of halogens is 1. The number of H-pyrrole nitrogens is 1. The third kappa shape index (κ3) is 4.18. The Hall–Kier alpha value is -3.65. The number of benzene rings is 2. The molecule has 144 valence electrons. The van der Waals surface area contributed by atoms with Crippen molar-refractivity contribution in [2.75, 3.05) is 5.32 Å². The van der Waals surface area contributed by atoms with E-state index in [4.69, 9.17) is 11.5 Å². The van der Waals surface area contributed by atoms with Gasteiger partial charge in [0.05, 0.1) is 29.1 Å². The molecular formula is C20H21FN6O. The van der Waals surface area contributed by atoms with Gasteiger partial charge in [0.15, 0.2) is 0 Å².